The zero-order chi connectivity index (χ0) is 13.8. The largest absolute Gasteiger partial charge is 0.315 e. The Hall–Kier alpha value is -1.45. The van der Waals surface area contributed by atoms with Crippen LogP contribution >= 0.6 is 0 Å². The lowest BCUT2D eigenvalue weighted by atomic mass is 10.1. The van der Waals surface area contributed by atoms with E-state index in [1.54, 1.807) is 0 Å². The zero-order valence-electron chi connectivity index (χ0n) is 12.2. The molecule has 1 aliphatic heterocycles. The molecule has 0 radical (unpaired) electrons. The highest BCUT2D eigenvalue weighted by Crippen LogP contribution is 2.16. The Morgan fingerprint density at radius 3 is 3.15 bits per heavy atom. The van der Waals surface area contributed by atoms with Crippen LogP contribution in [0.1, 0.15) is 18.9 Å². The normalized spacial score (nSPS) is 21.6. The molecule has 0 amide bonds. The van der Waals surface area contributed by atoms with Crippen LogP contribution in [0.15, 0.2) is 36.7 Å². The number of aromatic nitrogens is 1. The fourth-order valence-electron chi connectivity index (χ4n) is 2.85. The third kappa shape index (κ3) is 3.35. The van der Waals surface area contributed by atoms with E-state index >= 15 is 0 Å². The van der Waals surface area contributed by atoms with E-state index in [-0.39, 0.29) is 0 Å². The molecule has 1 saturated heterocycles. The van der Waals surface area contributed by atoms with Crippen LogP contribution in [0.2, 0.25) is 0 Å². The number of nitrogens with zero attached hydrogens (tertiary/aromatic N) is 2. The first-order valence-corrected chi connectivity index (χ1v) is 7.57. The molecular weight excluding hydrogens is 246 g/mol. The minimum Gasteiger partial charge on any atom is -0.315 e. The van der Waals surface area contributed by atoms with Crippen LogP contribution in [0.3, 0.4) is 0 Å². The van der Waals surface area contributed by atoms with Crippen molar-refractivity contribution in [3.8, 4) is 0 Å². The Labute approximate surface area is 121 Å². The lowest BCUT2D eigenvalue weighted by molar-refractivity contribution is 0.226. The van der Waals surface area contributed by atoms with Gasteiger partial charge in [0, 0.05) is 37.4 Å². The van der Waals surface area contributed by atoms with Crippen LogP contribution in [-0.4, -0.2) is 36.1 Å². The van der Waals surface area contributed by atoms with Gasteiger partial charge in [0.15, 0.2) is 0 Å². The van der Waals surface area contributed by atoms with E-state index in [2.05, 4.69) is 46.4 Å². The topological polar surface area (TPSA) is 28.2 Å². The van der Waals surface area contributed by atoms with Crippen LogP contribution in [0.25, 0.3) is 10.8 Å². The summed E-state index contributed by atoms with van der Waals surface area (Å²) in [6, 6.07) is 8.81. The smallest absolute Gasteiger partial charge is 0.0346 e. The number of hydrogen-bond donors (Lipinski definition) is 1. The van der Waals surface area contributed by atoms with E-state index in [0.29, 0.717) is 0 Å². The number of pyridine rings is 1. The van der Waals surface area contributed by atoms with Crippen molar-refractivity contribution in [1.29, 1.82) is 0 Å². The van der Waals surface area contributed by atoms with Gasteiger partial charge in [-0.1, -0.05) is 19.1 Å². The number of fused-ring (bicyclic) bond motifs is 1. The van der Waals surface area contributed by atoms with Crippen molar-refractivity contribution in [3.05, 3.63) is 42.2 Å². The van der Waals surface area contributed by atoms with Gasteiger partial charge in [-0.25, -0.2) is 0 Å². The lowest BCUT2D eigenvalue weighted by Gasteiger charge is -2.27. The SMILES string of the molecule is C[C@@H]1CCN(Cc2ccc3cnccc3c2)CCNC1. The van der Waals surface area contributed by atoms with Gasteiger partial charge in [0.1, 0.15) is 0 Å². The van der Waals surface area contributed by atoms with Crippen LogP contribution in [-0.2, 0) is 6.54 Å². The molecule has 2 heterocycles. The highest BCUT2D eigenvalue weighted by molar-refractivity contribution is 5.81. The first-order chi connectivity index (χ1) is 9.81. The highest BCUT2D eigenvalue weighted by Gasteiger charge is 2.12. The van der Waals surface area contributed by atoms with Crippen LogP contribution < -0.4 is 5.32 Å². The molecule has 1 aromatic heterocycles. The van der Waals surface area contributed by atoms with Gasteiger partial charge in [-0.05, 0) is 48.5 Å². The molecule has 2 aromatic rings. The summed E-state index contributed by atoms with van der Waals surface area (Å²) in [6.45, 7) is 7.99. The van der Waals surface area contributed by atoms with Crippen molar-refractivity contribution >= 4 is 10.8 Å². The number of nitrogens with one attached hydrogen (secondary N) is 1. The maximum Gasteiger partial charge on any atom is 0.0346 e. The summed E-state index contributed by atoms with van der Waals surface area (Å²) in [4.78, 5) is 6.73. The van der Waals surface area contributed by atoms with Gasteiger partial charge in [-0.3, -0.25) is 9.88 Å². The van der Waals surface area contributed by atoms with E-state index in [0.717, 1.165) is 32.1 Å². The molecule has 20 heavy (non-hydrogen) atoms. The average molecular weight is 269 g/mol. The molecule has 0 unspecified atom stereocenters. The first kappa shape index (κ1) is 13.5. The summed E-state index contributed by atoms with van der Waals surface area (Å²) in [6.07, 6.45) is 5.08. The summed E-state index contributed by atoms with van der Waals surface area (Å²) in [5.74, 6) is 0.778. The Kier molecular flexibility index (Phi) is 4.28. The van der Waals surface area contributed by atoms with E-state index in [4.69, 9.17) is 0 Å². The Bertz CT molecular complexity index is 567. The molecule has 0 aliphatic carbocycles. The van der Waals surface area contributed by atoms with Gasteiger partial charge in [0.05, 0.1) is 0 Å². The summed E-state index contributed by atoms with van der Waals surface area (Å²) in [5.41, 5.74) is 1.40. The molecule has 1 aromatic carbocycles. The van der Waals surface area contributed by atoms with E-state index in [9.17, 15) is 0 Å². The predicted octanol–water partition coefficient (Wildman–Crippen LogP) is 2.67. The molecule has 106 valence electrons. The molecule has 1 N–H and O–H groups in total. The molecule has 0 bridgehead atoms. The maximum atomic E-state index is 4.17. The molecule has 0 saturated carbocycles. The van der Waals surface area contributed by atoms with Crippen LogP contribution in [0.5, 0.6) is 0 Å². The van der Waals surface area contributed by atoms with Crippen molar-refractivity contribution < 1.29 is 0 Å². The van der Waals surface area contributed by atoms with Crippen molar-refractivity contribution in [2.24, 2.45) is 5.92 Å². The molecule has 3 rings (SSSR count). The minimum atomic E-state index is 0.778. The van der Waals surface area contributed by atoms with Gasteiger partial charge in [-0.15, -0.1) is 0 Å². The lowest BCUT2D eigenvalue weighted by Crippen LogP contribution is -2.38. The Balaban J connectivity index is 1.71. The maximum absolute atomic E-state index is 4.17. The molecule has 3 heteroatoms. The van der Waals surface area contributed by atoms with Gasteiger partial charge < -0.3 is 5.32 Å². The monoisotopic (exact) mass is 269 g/mol. The third-order valence-electron chi connectivity index (χ3n) is 4.15. The fraction of sp³-hybridized carbons (Fsp3) is 0.471. The second kappa shape index (κ2) is 6.33. The summed E-state index contributed by atoms with van der Waals surface area (Å²) in [7, 11) is 0. The molecule has 1 fully saturated rings. The van der Waals surface area contributed by atoms with Gasteiger partial charge in [-0.2, -0.15) is 0 Å². The minimum absolute atomic E-state index is 0.778. The first-order valence-electron chi connectivity index (χ1n) is 7.57. The molecule has 3 nitrogen and oxygen atoms in total. The van der Waals surface area contributed by atoms with E-state index in [1.807, 2.05) is 12.4 Å². The second-order valence-corrected chi connectivity index (χ2v) is 5.93. The Morgan fingerprint density at radius 1 is 1.25 bits per heavy atom. The van der Waals surface area contributed by atoms with Crippen LogP contribution in [0, 0.1) is 5.92 Å². The fourth-order valence-corrected chi connectivity index (χ4v) is 2.85. The standard InChI is InChI=1S/C17H23N3/c1-14-5-8-20(9-7-19-11-14)13-15-2-3-17-12-18-6-4-16(17)10-15/h2-4,6,10,12,14,19H,5,7-9,11,13H2,1H3/t14-/m1/s1. The van der Waals surface area contributed by atoms with E-state index in [1.165, 1.54) is 29.3 Å². The quantitative estimate of drug-likeness (QED) is 0.908. The van der Waals surface area contributed by atoms with Crippen LogP contribution in [0.4, 0.5) is 0 Å². The summed E-state index contributed by atoms with van der Waals surface area (Å²) >= 11 is 0. The molecule has 1 aliphatic rings. The zero-order valence-corrected chi connectivity index (χ0v) is 12.2. The van der Waals surface area contributed by atoms with E-state index < -0.39 is 0 Å². The number of rotatable bonds is 2. The van der Waals surface area contributed by atoms with Gasteiger partial charge in [0.2, 0.25) is 0 Å². The van der Waals surface area contributed by atoms with Crippen molar-refractivity contribution in [2.45, 2.75) is 19.9 Å². The average Bonchev–Trinajstić information content (AvgIpc) is 2.46. The highest BCUT2D eigenvalue weighted by atomic mass is 15.1. The number of benzene rings is 1. The van der Waals surface area contributed by atoms with Crippen molar-refractivity contribution in [1.82, 2.24) is 15.2 Å². The summed E-state index contributed by atoms with van der Waals surface area (Å²) < 4.78 is 0. The summed E-state index contributed by atoms with van der Waals surface area (Å²) in [5, 5.41) is 6.04. The van der Waals surface area contributed by atoms with Gasteiger partial charge in [0.25, 0.3) is 0 Å². The number of hydrogen-bond acceptors (Lipinski definition) is 3. The second-order valence-electron chi connectivity index (χ2n) is 5.93. The Morgan fingerprint density at radius 2 is 2.20 bits per heavy atom. The predicted molar refractivity (Wildman–Crippen MR) is 83.7 cm³/mol. The molecule has 1 atom stereocenters. The van der Waals surface area contributed by atoms with Crippen molar-refractivity contribution in [3.63, 3.8) is 0 Å². The molecule has 0 spiro atoms. The third-order valence-corrected chi connectivity index (χ3v) is 4.15. The van der Waals surface area contributed by atoms with Gasteiger partial charge >= 0.3 is 0 Å². The molecular formula is C17H23N3. The van der Waals surface area contributed by atoms with Crippen molar-refractivity contribution in [2.75, 3.05) is 26.2 Å².